The van der Waals surface area contributed by atoms with Crippen molar-refractivity contribution in [3.8, 4) is 0 Å². The van der Waals surface area contributed by atoms with E-state index >= 15 is 0 Å². The Morgan fingerprint density at radius 3 is 2.45 bits per heavy atom. The summed E-state index contributed by atoms with van der Waals surface area (Å²) in [7, 11) is -1.26. The molecule has 1 aliphatic rings. The largest absolute Gasteiger partial charge is 0.293 e. The monoisotopic (exact) mass is 300 g/mol. The van der Waals surface area contributed by atoms with Gasteiger partial charge in [-0.25, -0.2) is 8.78 Å². The molecule has 0 amide bonds. The van der Waals surface area contributed by atoms with Gasteiger partial charge in [0, 0.05) is 21.6 Å². The molecule has 2 rings (SSSR count). The van der Waals surface area contributed by atoms with E-state index in [2.05, 4.69) is 0 Å². The number of halogens is 2. The Kier molecular flexibility index (Phi) is 5.02. The Bertz CT molecular complexity index is 525. The van der Waals surface area contributed by atoms with Crippen molar-refractivity contribution in [2.24, 2.45) is 0 Å². The Hall–Kier alpha value is -1.10. The van der Waals surface area contributed by atoms with E-state index in [1.165, 1.54) is 6.07 Å². The van der Waals surface area contributed by atoms with Crippen LogP contribution in [-0.2, 0) is 10.8 Å². The van der Waals surface area contributed by atoms with Gasteiger partial charge in [-0.15, -0.1) is 0 Å². The summed E-state index contributed by atoms with van der Waals surface area (Å²) in [6.45, 7) is 1.61. The first-order valence-corrected chi connectivity index (χ1v) is 8.17. The molecule has 2 nitrogen and oxygen atoms in total. The zero-order valence-electron chi connectivity index (χ0n) is 11.4. The van der Waals surface area contributed by atoms with Gasteiger partial charge in [0.15, 0.2) is 17.4 Å². The van der Waals surface area contributed by atoms with Gasteiger partial charge in [0.25, 0.3) is 0 Å². The van der Waals surface area contributed by atoms with E-state index < -0.39 is 27.7 Å². The quantitative estimate of drug-likeness (QED) is 0.796. The van der Waals surface area contributed by atoms with Crippen LogP contribution in [0.3, 0.4) is 0 Å². The third kappa shape index (κ3) is 3.32. The number of carbonyl (C=O) groups excluding carboxylic acids is 1. The van der Waals surface area contributed by atoms with Crippen molar-refractivity contribution in [2.75, 3.05) is 0 Å². The van der Waals surface area contributed by atoms with Crippen LogP contribution in [0.1, 0.15) is 49.4 Å². The Morgan fingerprint density at radius 1 is 1.20 bits per heavy atom. The van der Waals surface area contributed by atoms with Crippen molar-refractivity contribution in [3.63, 3.8) is 0 Å². The van der Waals surface area contributed by atoms with Gasteiger partial charge < -0.3 is 0 Å². The predicted molar refractivity (Wildman–Crippen MR) is 75.2 cm³/mol. The summed E-state index contributed by atoms with van der Waals surface area (Å²) < 4.78 is 38.4. The molecular formula is C15H18F2O2S. The predicted octanol–water partition coefficient (Wildman–Crippen LogP) is 3.62. The van der Waals surface area contributed by atoms with Crippen LogP contribution in [-0.4, -0.2) is 20.5 Å². The summed E-state index contributed by atoms with van der Waals surface area (Å²) in [4.78, 5) is 12.2. The molecule has 5 heteroatoms. The molecular weight excluding hydrogens is 282 g/mol. The first kappa shape index (κ1) is 15.3. The number of Topliss-reactive ketones (excluding diaryl/α,β-unsaturated/α-hetero) is 1. The molecule has 20 heavy (non-hydrogen) atoms. The maximum atomic E-state index is 13.2. The summed E-state index contributed by atoms with van der Waals surface area (Å²) in [6, 6.07) is 3.06. The molecule has 0 N–H and O–H groups in total. The van der Waals surface area contributed by atoms with Crippen LogP contribution < -0.4 is 0 Å². The Labute approximate surface area is 120 Å². The first-order chi connectivity index (χ1) is 9.50. The van der Waals surface area contributed by atoms with Gasteiger partial charge in [-0.2, -0.15) is 0 Å². The minimum Gasteiger partial charge on any atom is -0.293 e. The molecule has 2 unspecified atom stereocenters. The molecule has 1 aromatic carbocycles. The van der Waals surface area contributed by atoms with E-state index in [0.717, 1.165) is 44.2 Å². The van der Waals surface area contributed by atoms with E-state index in [0.29, 0.717) is 0 Å². The van der Waals surface area contributed by atoms with Gasteiger partial charge in [0.05, 0.1) is 5.25 Å². The summed E-state index contributed by atoms with van der Waals surface area (Å²) in [5.41, 5.74) is 0.0839. The lowest BCUT2D eigenvalue weighted by atomic mass is 10.0. The molecule has 110 valence electrons. The van der Waals surface area contributed by atoms with Crippen molar-refractivity contribution in [3.05, 3.63) is 35.4 Å². The van der Waals surface area contributed by atoms with Crippen molar-refractivity contribution < 1.29 is 17.8 Å². The number of ketones is 1. The number of carbonyl (C=O) groups is 1. The molecule has 1 aliphatic carbocycles. The van der Waals surface area contributed by atoms with Gasteiger partial charge in [-0.1, -0.05) is 19.3 Å². The van der Waals surface area contributed by atoms with Gasteiger partial charge in [0.2, 0.25) is 0 Å². The first-order valence-electron chi connectivity index (χ1n) is 6.89. The average molecular weight is 300 g/mol. The maximum absolute atomic E-state index is 13.2. The van der Waals surface area contributed by atoms with E-state index in [4.69, 9.17) is 0 Å². The Morgan fingerprint density at radius 2 is 1.85 bits per heavy atom. The summed E-state index contributed by atoms with van der Waals surface area (Å²) in [5.74, 6) is -2.41. The second-order valence-electron chi connectivity index (χ2n) is 5.22. The van der Waals surface area contributed by atoms with Gasteiger partial charge in [-0.3, -0.25) is 9.00 Å². The molecule has 0 radical (unpaired) electrons. The highest BCUT2D eigenvalue weighted by Crippen LogP contribution is 2.25. The highest BCUT2D eigenvalue weighted by atomic mass is 32.2. The molecule has 1 saturated carbocycles. The number of rotatable bonds is 4. The SMILES string of the molecule is CC(C(=O)c1ccc(F)c(F)c1)S(=O)C1CCCCC1. The summed E-state index contributed by atoms with van der Waals surface area (Å²) in [5, 5.41) is -0.629. The molecule has 0 saturated heterocycles. The van der Waals surface area contributed by atoms with E-state index in [1.54, 1.807) is 6.92 Å². The standard InChI is InChI=1S/C15H18F2O2S/c1-10(20(19)12-5-3-2-4-6-12)15(18)11-7-8-13(16)14(17)9-11/h7-10,12H,2-6H2,1H3. The molecule has 0 spiro atoms. The van der Waals surface area contributed by atoms with Crippen molar-refractivity contribution in [2.45, 2.75) is 49.5 Å². The Balaban J connectivity index is 2.10. The molecule has 1 aromatic rings. The summed E-state index contributed by atoms with van der Waals surface area (Å²) >= 11 is 0. The molecule has 0 bridgehead atoms. The summed E-state index contributed by atoms with van der Waals surface area (Å²) in [6.07, 6.45) is 4.99. The maximum Gasteiger partial charge on any atom is 0.178 e. The molecule has 0 heterocycles. The van der Waals surface area contributed by atoms with Crippen LogP contribution in [0, 0.1) is 11.6 Å². The van der Waals surface area contributed by atoms with Crippen LogP contribution in [0.5, 0.6) is 0 Å². The zero-order chi connectivity index (χ0) is 14.7. The van der Waals surface area contributed by atoms with Crippen LogP contribution in [0.15, 0.2) is 18.2 Å². The van der Waals surface area contributed by atoms with E-state index in [-0.39, 0.29) is 16.6 Å². The third-order valence-electron chi connectivity index (χ3n) is 3.80. The van der Waals surface area contributed by atoms with Gasteiger partial charge >= 0.3 is 0 Å². The van der Waals surface area contributed by atoms with E-state index in [9.17, 15) is 17.8 Å². The average Bonchev–Trinajstić information content (AvgIpc) is 2.48. The van der Waals surface area contributed by atoms with Crippen LogP contribution in [0.4, 0.5) is 8.78 Å². The fraction of sp³-hybridized carbons (Fsp3) is 0.533. The lowest BCUT2D eigenvalue weighted by Gasteiger charge is -2.23. The van der Waals surface area contributed by atoms with Crippen LogP contribution in [0.2, 0.25) is 0 Å². The molecule has 0 aromatic heterocycles. The second-order valence-corrected chi connectivity index (χ2v) is 7.25. The normalized spacial score (nSPS) is 19.6. The van der Waals surface area contributed by atoms with Crippen molar-refractivity contribution in [1.82, 2.24) is 0 Å². The molecule has 2 atom stereocenters. The van der Waals surface area contributed by atoms with Gasteiger partial charge in [-0.05, 0) is 38.0 Å². The third-order valence-corrected chi connectivity index (χ3v) is 5.84. The van der Waals surface area contributed by atoms with Crippen molar-refractivity contribution in [1.29, 1.82) is 0 Å². The fourth-order valence-corrected chi connectivity index (χ4v) is 4.30. The lowest BCUT2D eigenvalue weighted by Crippen LogP contribution is -2.31. The van der Waals surface area contributed by atoms with Crippen LogP contribution in [0.25, 0.3) is 0 Å². The number of hydrogen-bond donors (Lipinski definition) is 0. The zero-order valence-corrected chi connectivity index (χ0v) is 12.2. The highest BCUT2D eigenvalue weighted by molar-refractivity contribution is 7.87. The van der Waals surface area contributed by atoms with Gasteiger partial charge in [0.1, 0.15) is 0 Å². The van der Waals surface area contributed by atoms with E-state index in [1.807, 2.05) is 0 Å². The smallest absolute Gasteiger partial charge is 0.178 e. The minimum absolute atomic E-state index is 0.0491. The molecule has 0 aliphatic heterocycles. The fourth-order valence-electron chi connectivity index (χ4n) is 2.58. The second kappa shape index (κ2) is 6.57. The minimum atomic E-state index is -1.26. The highest BCUT2D eigenvalue weighted by Gasteiger charge is 2.29. The topological polar surface area (TPSA) is 34.1 Å². The number of benzene rings is 1. The number of hydrogen-bond acceptors (Lipinski definition) is 2. The van der Waals surface area contributed by atoms with Crippen LogP contribution >= 0.6 is 0 Å². The van der Waals surface area contributed by atoms with Crippen molar-refractivity contribution >= 4 is 16.6 Å². The molecule has 1 fully saturated rings. The lowest BCUT2D eigenvalue weighted by molar-refractivity contribution is 0.0991.